The van der Waals surface area contributed by atoms with Crippen molar-refractivity contribution in [2.75, 3.05) is 18.5 Å². The number of aliphatic hydroxyl groups excluding tert-OH is 1. The summed E-state index contributed by atoms with van der Waals surface area (Å²) in [5, 5.41) is 14.4. The van der Waals surface area contributed by atoms with Gasteiger partial charge in [-0.3, -0.25) is 0 Å². The van der Waals surface area contributed by atoms with Gasteiger partial charge in [-0.15, -0.1) is 0 Å². The van der Waals surface area contributed by atoms with Gasteiger partial charge in [-0.1, -0.05) is 11.6 Å². The molecule has 3 aromatic rings. The lowest BCUT2D eigenvalue weighted by Gasteiger charge is -2.33. The zero-order chi connectivity index (χ0) is 19.7. The predicted octanol–water partition coefficient (Wildman–Crippen LogP) is 3.22. The molecule has 1 aliphatic rings. The van der Waals surface area contributed by atoms with Gasteiger partial charge in [0.05, 0.1) is 25.1 Å². The summed E-state index contributed by atoms with van der Waals surface area (Å²) in [4.78, 5) is 13.6. The third-order valence-corrected chi connectivity index (χ3v) is 4.93. The van der Waals surface area contributed by atoms with E-state index < -0.39 is 6.10 Å². The molecule has 0 bridgehead atoms. The van der Waals surface area contributed by atoms with Crippen LogP contribution in [-0.2, 0) is 9.47 Å². The number of aliphatic hydroxyl groups is 1. The molecule has 2 N–H and O–H groups in total. The fraction of sp³-hybridized carbons (Fsp3) is 0.421. The van der Waals surface area contributed by atoms with Crippen molar-refractivity contribution in [3.8, 4) is 0 Å². The van der Waals surface area contributed by atoms with Crippen molar-refractivity contribution in [1.29, 1.82) is 0 Å². The van der Waals surface area contributed by atoms with Crippen LogP contribution in [-0.4, -0.2) is 50.2 Å². The van der Waals surface area contributed by atoms with Crippen molar-refractivity contribution in [2.24, 2.45) is 0 Å². The Hall–Kier alpha value is -2.26. The van der Waals surface area contributed by atoms with Crippen molar-refractivity contribution in [3.05, 3.63) is 41.4 Å². The van der Waals surface area contributed by atoms with Gasteiger partial charge in [0.2, 0.25) is 0 Å². The average Bonchev–Trinajstić information content (AvgIpc) is 3.09. The number of nitrogens with zero attached hydrogens (tertiary/aromatic N) is 4. The summed E-state index contributed by atoms with van der Waals surface area (Å²) < 4.78 is 13.0. The zero-order valence-corrected chi connectivity index (χ0v) is 16.4. The Kier molecular flexibility index (Phi) is 5.45. The number of nitrogens with one attached hydrogen (secondary N) is 1. The van der Waals surface area contributed by atoms with E-state index in [1.54, 1.807) is 18.5 Å². The van der Waals surface area contributed by atoms with Gasteiger partial charge in [-0.25, -0.2) is 15.0 Å². The van der Waals surface area contributed by atoms with Gasteiger partial charge in [-0.2, -0.15) is 0 Å². The highest BCUT2D eigenvalue weighted by Gasteiger charge is 2.33. The van der Waals surface area contributed by atoms with Crippen LogP contribution in [0.1, 0.15) is 25.2 Å². The van der Waals surface area contributed by atoms with Crippen LogP contribution >= 0.6 is 11.6 Å². The van der Waals surface area contributed by atoms with E-state index in [9.17, 15) is 5.11 Å². The quantitative estimate of drug-likeness (QED) is 0.675. The van der Waals surface area contributed by atoms with Crippen molar-refractivity contribution in [2.45, 2.75) is 38.7 Å². The molecule has 9 heteroatoms. The lowest BCUT2D eigenvalue weighted by atomic mass is 10.1. The highest BCUT2D eigenvalue weighted by atomic mass is 35.5. The second-order valence-corrected chi connectivity index (χ2v) is 7.10. The summed E-state index contributed by atoms with van der Waals surface area (Å²) in [5.41, 5.74) is 2.14. The highest BCUT2D eigenvalue weighted by molar-refractivity contribution is 6.30. The molecule has 28 heavy (non-hydrogen) atoms. The first-order valence-corrected chi connectivity index (χ1v) is 9.58. The Balaban J connectivity index is 1.69. The molecule has 1 fully saturated rings. The van der Waals surface area contributed by atoms with Crippen LogP contribution in [0.5, 0.6) is 0 Å². The van der Waals surface area contributed by atoms with Crippen molar-refractivity contribution in [3.63, 3.8) is 0 Å². The van der Waals surface area contributed by atoms with Gasteiger partial charge in [0.15, 0.2) is 23.3 Å². The number of imidazole rings is 1. The van der Waals surface area contributed by atoms with E-state index in [4.69, 9.17) is 21.1 Å². The number of ether oxygens (including phenoxy) is 2. The number of benzene rings is 1. The summed E-state index contributed by atoms with van der Waals surface area (Å²) in [6.45, 7) is 4.50. The molecular formula is C19H22ClN5O3. The molecule has 148 valence electrons. The molecule has 2 aromatic heterocycles. The Labute approximate surface area is 167 Å². The van der Waals surface area contributed by atoms with Crippen molar-refractivity contribution < 1.29 is 14.6 Å². The first-order valence-electron chi connectivity index (χ1n) is 9.20. The summed E-state index contributed by atoms with van der Waals surface area (Å²) in [6.07, 6.45) is 1.18. The first kappa shape index (κ1) is 19.1. The number of rotatable bonds is 5. The van der Waals surface area contributed by atoms with Crippen LogP contribution in [0, 0.1) is 6.92 Å². The molecule has 0 unspecified atom stereocenters. The third-order valence-electron chi connectivity index (χ3n) is 4.68. The van der Waals surface area contributed by atoms with E-state index in [-0.39, 0.29) is 18.9 Å². The first-order chi connectivity index (χ1) is 13.5. The second kappa shape index (κ2) is 8.00. The smallest absolute Gasteiger partial charge is 0.166 e. The van der Waals surface area contributed by atoms with Crippen LogP contribution in [0.4, 0.5) is 11.5 Å². The van der Waals surface area contributed by atoms with Crippen LogP contribution < -0.4 is 5.32 Å². The topological polar surface area (TPSA) is 94.3 Å². The summed E-state index contributed by atoms with van der Waals surface area (Å²) in [5.74, 6) is 1.21. The van der Waals surface area contributed by atoms with Crippen LogP contribution in [0.15, 0.2) is 30.6 Å². The van der Waals surface area contributed by atoms with Crippen LogP contribution in [0.25, 0.3) is 11.2 Å². The molecule has 3 heterocycles. The SMILES string of the molecule is CCO[C@H]1C[C@@H](n2cnc3c(Nc4ccc(Cl)cc4)nc(C)nc32)[C@H](O)CO1. The molecule has 1 aromatic carbocycles. The van der Waals surface area contributed by atoms with Gasteiger partial charge in [-0.05, 0) is 38.1 Å². The van der Waals surface area contributed by atoms with Crippen LogP contribution in [0.3, 0.4) is 0 Å². The van der Waals surface area contributed by atoms with Gasteiger partial charge in [0, 0.05) is 23.7 Å². The van der Waals surface area contributed by atoms with E-state index >= 15 is 0 Å². The molecule has 0 amide bonds. The molecule has 1 saturated heterocycles. The summed E-state index contributed by atoms with van der Waals surface area (Å²) in [6, 6.07) is 7.11. The number of hydrogen-bond acceptors (Lipinski definition) is 7. The van der Waals surface area contributed by atoms with Crippen molar-refractivity contribution >= 4 is 34.3 Å². The molecule has 0 saturated carbocycles. The van der Waals surface area contributed by atoms with Crippen molar-refractivity contribution in [1.82, 2.24) is 19.5 Å². The fourth-order valence-electron chi connectivity index (χ4n) is 3.37. The molecule has 3 atom stereocenters. The minimum atomic E-state index is -0.669. The van der Waals surface area contributed by atoms with Gasteiger partial charge >= 0.3 is 0 Å². The maximum atomic E-state index is 10.5. The van der Waals surface area contributed by atoms with Gasteiger partial charge in [0.1, 0.15) is 5.82 Å². The van der Waals surface area contributed by atoms with E-state index in [0.717, 1.165) is 5.69 Å². The number of halogens is 1. The van der Waals surface area contributed by atoms with E-state index in [0.29, 0.717) is 40.9 Å². The number of fused-ring (bicyclic) bond motifs is 1. The Bertz CT molecular complexity index is 962. The minimum absolute atomic E-state index is 0.203. The number of hydrogen-bond donors (Lipinski definition) is 2. The monoisotopic (exact) mass is 403 g/mol. The lowest BCUT2D eigenvalue weighted by Crippen LogP contribution is -2.39. The number of aryl methyl sites for hydroxylation is 1. The maximum absolute atomic E-state index is 10.5. The number of anilines is 2. The maximum Gasteiger partial charge on any atom is 0.166 e. The largest absolute Gasteiger partial charge is 0.389 e. The lowest BCUT2D eigenvalue weighted by molar-refractivity contribution is -0.197. The molecule has 8 nitrogen and oxygen atoms in total. The fourth-order valence-corrected chi connectivity index (χ4v) is 3.49. The molecule has 1 aliphatic heterocycles. The highest BCUT2D eigenvalue weighted by Crippen LogP contribution is 2.31. The normalized spacial score (nSPS) is 22.5. The third kappa shape index (κ3) is 3.81. The zero-order valence-electron chi connectivity index (χ0n) is 15.7. The van der Waals surface area contributed by atoms with E-state index in [1.165, 1.54) is 0 Å². The minimum Gasteiger partial charge on any atom is -0.389 e. The Morgan fingerprint density at radius 1 is 1.32 bits per heavy atom. The Morgan fingerprint density at radius 3 is 2.86 bits per heavy atom. The van der Waals surface area contributed by atoms with E-state index in [1.807, 2.05) is 30.5 Å². The summed E-state index contributed by atoms with van der Waals surface area (Å²) in [7, 11) is 0. The molecular weight excluding hydrogens is 382 g/mol. The molecule has 0 aliphatic carbocycles. The molecule has 0 radical (unpaired) electrons. The van der Waals surface area contributed by atoms with Gasteiger partial charge < -0.3 is 24.5 Å². The van der Waals surface area contributed by atoms with Crippen LogP contribution in [0.2, 0.25) is 5.02 Å². The average molecular weight is 404 g/mol. The molecule has 0 spiro atoms. The Morgan fingerprint density at radius 2 is 2.11 bits per heavy atom. The van der Waals surface area contributed by atoms with Gasteiger partial charge in [0.25, 0.3) is 0 Å². The number of aromatic nitrogens is 4. The summed E-state index contributed by atoms with van der Waals surface area (Å²) >= 11 is 5.96. The van der Waals surface area contributed by atoms with E-state index in [2.05, 4.69) is 20.3 Å². The predicted molar refractivity (Wildman–Crippen MR) is 106 cm³/mol. The second-order valence-electron chi connectivity index (χ2n) is 6.66. The standard InChI is InChI=1S/C19H22ClN5O3/c1-3-27-16-8-14(15(26)9-28-16)25-10-21-17-18(22-11(2)23-19(17)25)24-13-6-4-12(20)5-7-13/h4-7,10,14-16,26H,3,8-9H2,1-2H3,(H,22,23,24)/t14-,15-,16-/m1/s1. The molecule has 4 rings (SSSR count).